The van der Waals surface area contributed by atoms with E-state index in [2.05, 4.69) is 40.9 Å². The summed E-state index contributed by atoms with van der Waals surface area (Å²) in [6, 6.07) is 0. The van der Waals surface area contributed by atoms with Crippen LogP contribution in [-0.4, -0.2) is 62.1 Å². The molecule has 0 radical (unpaired) electrons. The molecule has 0 saturated carbocycles. The van der Waals surface area contributed by atoms with Crippen LogP contribution in [-0.2, 0) is 0 Å². The predicted molar refractivity (Wildman–Crippen MR) is 115 cm³/mol. The fourth-order valence-corrected chi connectivity index (χ4v) is 4.32. The molecule has 0 bridgehead atoms. The zero-order valence-electron chi connectivity index (χ0n) is 16.3. The van der Waals surface area contributed by atoms with E-state index < -0.39 is 0 Å². The lowest BCUT2D eigenvalue weighted by molar-refractivity contribution is 0.181. The molecule has 3 unspecified atom stereocenters. The molecule has 4 nitrogen and oxygen atoms in total. The van der Waals surface area contributed by atoms with Gasteiger partial charge in [0.25, 0.3) is 0 Å². The summed E-state index contributed by atoms with van der Waals surface area (Å²) >= 11 is 0. The Morgan fingerprint density at radius 3 is 2.38 bits per heavy atom. The average Bonchev–Trinajstić information content (AvgIpc) is 2.50. The van der Waals surface area contributed by atoms with Gasteiger partial charge in [0.2, 0.25) is 0 Å². The molecule has 0 amide bonds. The van der Waals surface area contributed by atoms with Gasteiger partial charge in [0.15, 0.2) is 5.96 Å². The summed E-state index contributed by atoms with van der Waals surface area (Å²) in [4.78, 5) is 9.60. The second-order valence-electron chi connectivity index (χ2n) is 8.08. The highest BCUT2D eigenvalue weighted by molar-refractivity contribution is 14.0. The molecule has 24 heavy (non-hydrogen) atoms. The van der Waals surface area contributed by atoms with E-state index in [1.165, 1.54) is 51.7 Å². The van der Waals surface area contributed by atoms with Crippen LogP contribution in [0, 0.1) is 17.8 Å². The Hall–Kier alpha value is -0.0400. The van der Waals surface area contributed by atoms with Crippen LogP contribution < -0.4 is 5.32 Å². The van der Waals surface area contributed by atoms with Crippen LogP contribution in [0.3, 0.4) is 0 Å². The first-order valence-corrected chi connectivity index (χ1v) is 9.76. The molecule has 2 aliphatic rings. The number of nitrogens with one attached hydrogen (secondary N) is 1. The highest BCUT2D eigenvalue weighted by atomic mass is 127. The van der Waals surface area contributed by atoms with Gasteiger partial charge in [0.05, 0.1) is 0 Å². The lowest BCUT2D eigenvalue weighted by Crippen LogP contribution is -2.48. The van der Waals surface area contributed by atoms with Crippen LogP contribution in [0.5, 0.6) is 0 Å². The van der Waals surface area contributed by atoms with Crippen molar-refractivity contribution in [3.63, 3.8) is 0 Å². The maximum atomic E-state index is 4.50. The van der Waals surface area contributed by atoms with Gasteiger partial charge in [-0.2, -0.15) is 0 Å². The minimum absolute atomic E-state index is 0. The molecule has 2 aliphatic heterocycles. The van der Waals surface area contributed by atoms with E-state index in [1.807, 2.05) is 7.05 Å². The molecule has 2 rings (SSSR count). The van der Waals surface area contributed by atoms with E-state index in [0.717, 1.165) is 43.3 Å². The third-order valence-corrected chi connectivity index (χ3v) is 5.31. The number of halogens is 1. The van der Waals surface area contributed by atoms with Crippen LogP contribution in [0.4, 0.5) is 0 Å². The molecule has 0 aliphatic carbocycles. The molecule has 0 aromatic rings. The standard InChI is InChI=1S/C19H38N4.HI/c1-16-8-7-11-22(13-16)10-6-5-9-21-19(20-4)23-14-17(2)12-18(3)15-23;/h16-18H,5-15H2,1-4H3,(H,20,21);1H. The maximum Gasteiger partial charge on any atom is 0.193 e. The van der Waals surface area contributed by atoms with Crippen LogP contribution in [0.25, 0.3) is 0 Å². The molecular formula is C19H39IN4. The zero-order chi connectivity index (χ0) is 16.7. The molecular weight excluding hydrogens is 411 g/mol. The molecule has 0 aromatic heterocycles. The van der Waals surface area contributed by atoms with E-state index in [9.17, 15) is 0 Å². The Morgan fingerprint density at radius 2 is 1.75 bits per heavy atom. The van der Waals surface area contributed by atoms with Crippen LogP contribution in [0.2, 0.25) is 0 Å². The Labute approximate surface area is 166 Å². The summed E-state index contributed by atoms with van der Waals surface area (Å²) in [6.07, 6.45) is 6.69. The lowest BCUT2D eigenvalue weighted by Gasteiger charge is -2.37. The SMILES string of the molecule is CN=C(NCCCCN1CCCC(C)C1)N1CC(C)CC(C)C1.I. The third kappa shape index (κ3) is 7.46. The molecule has 5 heteroatoms. The first-order valence-electron chi connectivity index (χ1n) is 9.76. The summed E-state index contributed by atoms with van der Waals surface area (Å²) in [6.45, 7) is 14.3. The van der Waals surface area contributed by atoms with Gasteiger partial charge in [-0.3, -0.25) is 4.99 Å². The lowest BCUT2D eigenvalue weighted by atomic mass is 9.92. The Balaban J connectivity index is 0.00000288. The van der Waals surface area contributed by atoms with Crippen molar-refractivity contribution in [1.29, 1.82) is 0 Å². The number of piperidine rings is 2. The number of unbranched alkanes of at least 4 members (excludes halogenated alkanes) is 1. The van der Waals surface area contributed by atoms with Gasteiger partial charge in [0, 0.05) is 33.2 Å². The minimum Gasteiger partial charge on any atom is -0.356 e. The predicted octanol–water partition coefficient (Wildman–Crippen LogP) is 3.67. The highest BCUT2D eigenvalue weighted by Gasteiger charge is 2.23. The minimum atomic E-state index is 0. The van der Waals surface area contributed by atoms with Crippen molar-refractivity contribution in [2.24, 2.45) is 22.7 Å². The van der Waals surface area contributed by atoms with E-state index in [1.54, 1.807) is 0 Å². The molecule has 0 aromatic carbocycles. The maximum absolute atomic E-state index is 4.50. The Morgan fingerprint density at radius 1 is 1.04 bits per heavy atom. The molecule has 2 saturated heterocycles. The fraction of sp³-hybridized carbons (Fsp3) is 0.947. The normalized spacial score (nSPS) is 29.2. The molecule has 2 fully saturated rings. The Kier molecular flexibility index (Phi) is 10.6. The average molecular weight is 450 g/mol. The monoisotopic (exact) mass is 450 g/mol. The summed E-state index contributed by atoms with van der Waals surface area (Å²) in [5, 5.41) is 3.58. The summed E-state index contributed by atoms with van der Waals surface area (Å²) in [5.41, 5.74) is 0. The number of nitrogens with zero attached hydrogens (tertiary/aromatic N) is 3. The number of rotatable bonds is 5. The number of likely N-dealkylation sites (tertiary alicyclic amines) is 2. The van der Waals surface area contributed by atoms with Gasteiger partial charge in [-0.1, -0.05) is 20.8 Å². The van der Waals surface area contributed by atoms with Gasteiger partial charge < -0.3 is 15.1 Å². The van der Waals surface area contributed by atoms with E-state index >= 15 is 0 Å². The van der Waals surface area contributed by atoms with Crippen molar-refractivity contribution in [1.82, 2.24) is 15.1 Å². The van der Waals surface area contributed by atoms with Crippen molar-refractivity contribution in [2.75, 3.05) is 46.3 Å². The molecule has 1 N–H and O–H groups in total. The first-order chi connectivity index (χ1) is 11.1. The second kappa shape index (κ2) is 11.6. The van der Waals surface area contributed by atoms with Crippen molar-refractivity contribution in [2.45, 2.75) is 52.9 Å². The number of guanidine groups is 1. The molecule has 0 spiro atoms. The first kappa shape index (κ1) is 22.0. The van der Waals surface area contributed by atoms with Crippen molar-refractivity contribution in [3.05, 3.63) is 0 Å². The van der Waals surface area contributed by atoms with Gasteiger partial charge >= 0.3 is 0 Å². The largest absolute Gasteiger partial charge is 0.356 e. The summed E-state index contributed by atoms with van der Waals surface area (Å²) < 4.78 is 0. The number of aliphatic imine (C=N–C) groups is 1. The third-order valence-electron chi connectivity index (χ3n) is 5.31. The smallest absolute Gasteiger partial charge is 0.193 e. The van der Waals surface area contributed by atoms with Crippen molar-refractivity contribution in [3.8, 4) is 0 Å². The number of hydrogen-bond donors (Lipinski definition) is 1. The summed E-state index contributed by atoms with van der Waals surface area (Å²) in [7, 11) is 1.92. The van der Waals surface area contributed by atoms with Gasteiger partial charge in [0.1, 0.15) is 0 Å². The summed E-state index contributed by atoms with van der Waals surface area (Å²) in [5.74, 6) is 3.55. The quantitative estimate of drug-likeness (QED) is 0.300. The van der Waals surface area contributed by atoms with Crippen molar-refractivity contribution < 1.29 is 0 Å². The van der Waals surface area contributed by atoms with Gasteiger partial charge in [-0.25, -0.2) is 0 Å². The van der Waals surface area contributed by atoms with E-state index in [0.29, 0.717) is 0 Å². The van der Waals surface area contributed by atoms with Crippen molar-refractivity contribution >= 4 is 29.9 Å². The fourth-order valence-electron chi connectivity index (χ4n) is 4.32. The second-order valence-corrected chi connectivity index (χ2v) is 8.08. The van der Waals surface area contributed by atoms with Crippen LogP contribution >= 0.6 is 24.0 Å². The molecule has 3 atom stereocenters. The van der Waals surface area contributed by atoms with Crippen LogP contribution in [0.1, 0.15) is 52.9 Å². The molecule has 2 heterocycles. The van der Waals surface area contributed by atoms with E-state index in [4.69, 9.17) is 0 Å². The molecule has 142 valence electrons. The topological polar surface area (TPSA) is 30.9 Å². The highest BCUT2D eigenvalue weighted by Crippen LogP contribution is 2.20. The van der Waals surface area contributed by atoms with Gasteiger partial charge in [-0.15, -0.1) is 24.0 Å². The van der Waals surface area contributed by atoms with E-state index in [-0.39, 0.29) is 24.0 Å². The zero-order valence-corrected chi connectivity index (χ0v) is 18.6. The van der Waals surface area contributed by atoms with Gasteiger partial charge in [-0.05, 0) is 62.9 Å². The van der Waals surface area contributed by atoms with Crippen LogP contribution in [0.15, 0.2) is 4.99 Å². The number of hydrogen-bond acceptors (Lipinski definition) is 2. The Bertz CT molecular complexity index is 364.